The van der Waals surface area contributed by atoms with Crippen LogP contribution in [0.2, 0.25) is 0 Å². The monoisotopic (exact) mass is 456 g/mol. The third-order valence-electron chi connectivity index (χ3n) is 7.01. The molecule has 0 N–H and O–H groups in total. The Hall–Kier alpha value is -3.78. The first-order chi connectivity index (χ1) is 16.5. The number of ketones is 1. The highest BCUT2D eigenvalue weighted by Gasteiger charge is 2.54. The van der Waals surface area contributed by atoms with Crippen molar-refractivity contribution in [3.8, 4) is 0 Å². The zero-order valence-corrected chi connectivity index (χ0v) is 18.1. The van der Waals surface area contributed by atoms with E-state index in [0.717, 1.165) is 28.6 Å². The predicted molar refractivity (Wildman–Crippen MR) is 127 cm³/mol. The molecule has 1 saturated heterocycles. The molecule has 0 unspecified atom stereocenters. The summed E-state index contributed by atoms with van der Waals surface area (Å²) in [6.07, 6.45) is 0. The van der Waals surface area contributed by atoms with Crippen LogP contribution in [0, 0.1) is 0 Å². The van der Waals surface area contributed by atoms with Crippen molar-refractivity contribution in [2.45, 2.75) is 0 Å². The van der Waals surface area contributed by atoms with Gasteiger partial charge in [-0.15, -0.1) is 0 Å². The van der Waals surface area contributed by atoms with Crippen LogP contribution >= 0.6 is 0 Å². The van der Waals surface area contributed by atoms with Crippen LogP contribution < -0.4 is 9.38 Å². The van der Waals surface area contributed by atoms with Crippen molar-refractivity contribution in [3.05, 3.63) is 83.6 Å². The number of nitrogens with zero attached hydrogens (tertiary/aromatic N) is 2. The highest BCUT2D eigenvalue weighted by Crippen LogP contribution is 2.46. The molecule has 5 nitrogen and oxygen atoms in total. The average molecular weight is 456 g/mol. The summed E-state index contributed by atoms with van der Waals surface area (Å²) in [5, 5.41) is 2.17. The van der Waals surface area contributed by atoms with E-state index >= 15 is 8.63 Å². The molecule has 4 aromatic rings. The molecule has 0 bridgehead atoms. The van der Waals surface area contributed by atoms with Crippen LogP contribution in [0.3, 0.4) is 0 Å². The number of hydrogen-bond donors (Lipinski definition) is 0. The predicted octanol–water partition coefficient (Wildman–Crippen LogP) is 4.43. The lowest BCUT2D eigenvalue weighted by Gasteiger charge is -2.35. The van der Waals surface area contributed by atoms with E-state index in [0.29, 0.717) is 40.6 Å². The highest BCUT2D eigenvalue weighted by molar-refractivity contribution is 6.54. The number of benzene rings is 3. The molecular weight excluding hydrogens is 437 g/mol. The van der Waals surface area contributed by atoms with Gasteiger partial charge in [0.15, 0.2) is 11.2 Å². The maximum atomic E-state index is 15.6. The molecule has 1 aromatic heterocycles. The molecule has 3 heterocycles. The van der Waals surface area contributed by atoms with Crippen molar-refractivity contribution in [2.75, 3.05) is 31.2 Å². The molecule has 1 fully saturated rings. The number of para-hydroxylation sites is 1. The first-order valence-electron chi connectivity index (χ1n) is 11.4. The first-order valence-corrected chi connectivity index (χ1v) is 11.4. The third kappa shape index (κ3) is 2.57. The molecule has 3 aromatic carbocycles. The smallest absolute Gasteiger partial charge is 0.598 e. The molecule has 168 valence electrons. The molecule has 0 radical (unpaired) electrons. The number of carbonyl (C=O) groups is 1. The molecule has 3 aliphatic rings. The minimum absolute atomic E-state index is 0.0393. The summed E-state index contributed by atoms with van der Waals surface area (Å²) in [7, 11) is -4.45. The number of allylic oxidation sites excluding steroid dienone is 1. The van der Waals surface area contributed by atoms with Crippen LogP contribution in [0.5, 0.6) is 0 Å². The molecule has 0 atom stereocenters. The van der Waals surface area contributed by atoms with Crippen LogP contribution in [-0.2, 0) is 9.39 Å². The normalized spacial score (nSPS) is 18.6. The average Bonchev–Trinajstić information content (AvgIpc) is 2.86. The Kier molecular flexibility index (Phi) is 3.97. The summed E-state index contributed by atoms with van der Waals surface area (Å²) < 4.78 is 43.0. The van der Waals surface area contributed by atoms with Gasteiger partial charge in [-0.3, -0.25) is 4.79 Å². The van der Waals surface area contributed by atoms with E-state index in [2.05, 4.69) is 4.90 Å². The maximum absolute atomic E-state index is 15.6. The maximum Gasteiger partial charge on any atom is 0.834 e. The molecule has 0 saturated carbocycles. The van der Waals surface area contributed by atoms with Gasteiger partial charge in [0.2, 0.25) is 5.78 Å². The fourth-order valence-corrected chi connectivity index (χ4v) is 5.53. The van der Waals surface area contributed by atoms with E-state index in [1.54, 1.807) is 48.5 Å². The van der Waals surface area contributed by atoms with Gasteiger partial charge in [-0.25, -0.2) is 0 Å². The summed E-state index contributed by atoms with van der Waals surface area (Å²) in [4.78, 5) is 16.0. The number of carbonyl (C=O) groups excluding carboxylic acids is 1. The van der Waals surface area contributed by atoms with Crippen LogP contribution in [-0.4, -0.2) is 39.1 Å². The topological polar surface area (TPSA) is 42.7 Å². The molecule has 0 amide bonds. The van der Waals surface area contributed by atoms with E-state index in [-0.39, 0.29) is 22.8 Å². The van der Waals surface area contributed by atoms with Crippen molar-refractivity contribution < 1.29 is 27.3 Å². The zero-order valence-electron chi connectivity index (χ0n) is 18.1. The fraction of sp³-hybridized carbons (Fsp3) is 0.154. The number of morpholine rings is 1. The highest BCUT2D eigenvalue weighted by atomic mass is 19.3. The molecule has 7 rings (SSSR count). The van der Waals surface area contributed by atoms with Gasteiger partial charge in [-0.1, -0.05) is 30.3 Å². The second-order valence-electron chi connectivity index (χ2n) is 8.82. The number of Topliss-reactive ketones (excluding diaryl/α,β-unsaturated/α-hetero) is 1. The zero-order chi connectivity index (χ0) is 23.0. The van der Waals surface area contributed by atoms with Gasteiger partial charge in [0.1, 0.15) is 11.3 Å². The van der Waals surface area contributed by atoms with E-state index in [4.69, 9.17) is 9.39 Å². The van der Waals surface area contributed by atoms with Gasteiger partial charge >= 0.3 is 7.04 Å². The summed E-state index contributed by atoms with van der Waals surface area (Å²) in [5.74, 6) is -0.343. The van der Waals surface area contributed by atoms with E-state index < -0.39 is 7.04 Å². The Morgan fingerprint density at radius 2 is 1.71 bits per heavy atom. The van der Waals surface area contributed by atoms with Gasteiger partial charge < -0.3 is 27.4 Å². The Morgan fingerprint density at radius 3 is 2.56 bits per heavy atom. The van der Waals surface area contributed by atoms with E-state index in [1.807, 2.05) is 18.2 Å². The molecular formula is C26H19BF2N2O3. The molecule has 2 aliphatic heterocycles. The standard InChI is InChI=1S/C26H19BF2N2O3/c28-27(29)31-20-7-2-1-4-16(20)8-10-22(31)24-25(32)18-6-3-5-17-21(30-12-14-33-15-13-30)11-9-19(23(17)18)26(24)34-27/h1-11H,12-15H2. The quantitative estimate of drug-likeness (QED) is 0.398. The van der Waals surface area contributed by atoms with Gasteiger partial charge in [-0.2, -0.15) is 0 Å². The Bertz CT molecular complexity index is 1580. The summed E-state index contributed by atoms with van der Waals surface area (Å²) in [6, 6.07) is 19.6. The van der Waals surface area contributed by atoms with Gasteiger partial charge in [0.05, 0.1) is 13.2 Å². The van der Waals surface area contributed by atoms with E-state index in [9.17, 15) is 4.79 Å². The lowest BCUT2D eigenvalue weighted by atomic mass is 9.81. The summed E-state index contributed by atoms with van der Waals surface area (Å²) in [5.41, 5.74) is 2.68. The lowest BCUT2D eigenvalue weighted by molar-refractivity contribution is -0.556. The van der Waals surface area contributed by atoms with Crippen molar-refractivity contribution in [2.24, 2.45) is 0 Å². The molecule has 8 heteroatoms. The summed E-state index contributed by atoms with van der Waals surface area (Å²) in [6.45, 7) is 2.71. The Balaban J connectivity index is 1.52. The molecule has 0 spiro atoms. The third-order valence-corrected chi connectivity index (χ3v) is 7.01. The van der Waals surface area contributed by atoms with Crippen molar-refractivity contribution in [1.82, 2.24) is 0 Å². The van der Waals surface area contributed by atoms with Gasteiger partial charge in [0, 0.05) is 58.2 Å². The first kappa shape index (κ1) is 19.7. The van der Waals surface area contributed by atoms with Crippen molar-refractivity contribution in [3.63, 3.8) is 0 Å². The number of rotatable bonds is 1. The number of anilines is 1. The van der Waals surface area contributed by atoms with E-state index in [1.165, 1.54) is 0 Å². The number of pyridine rings is 1. The van der Waals surface area contributed by atoms with Crippen molar-refractivity contribution >= 4 is 51.5 Å². The Labute approximate surface area is 193 Å². The van der Waals surface area contributed by atoms with Crippen LogP contribution in [0.25, 0.3) is 33.0 Å². The largest absolute Gasteiger partial charge is 0.834 e. The second-order valence-corrected chi connectivity index (χ2v) is 8.82. The minimum Gasteiger partial charge on any atom is -0.598 e. The number of fused-ring (bicyclic) bond motifs is 5. The molecule has 34 heavy (non-hydrogen) atoms. The van der Waals surface area contributed by atoms with Crippen molar-refractivity contribution in [1.29, 1.82) is 0 Å². The Morgan fingerprint density at radius 1 is 0.882 bits per heavy atom. The minimum atomic E-state index is -4.45. The molecule has 1 aliphatic carbocycles. The fourth-order valence-electron chi connectivity index (χ4n) is 5.53. The van der Waals surface area contributed by atoms with Gasteiger partial charge in [0.25, 0.3) is 0 Å². The number of hydrogen-bond acceptors (Lipinski definition) is 4. The lowest BCUT2D eigenvalue weighted by Crippen LogP contribution is -2.65. The number of aromatic nitrogens is 1. The van der Waals surface area contributed by atoms with Crippen LogP contribution in [0.15, 0.2) is 66.7 Å². The van der Waals surface area contributed by atoms with Crippen LogP contribution in [0.4, 0.5) is 14.3 Å². The SMILES string of the molecule is O=C1C2=C(O[B-](F)(F)[n+]3c2ccc2ccccc23)c2ccc(N3CCOCC3)c3cccc1c23. The van der Waals surface area contributed by atoms with Crippen LogP contribution in [0.1, 0.15) is 21.6 Å². The number of halogens is 2. The summed E-state index contributed by atoms with van der Waals surface area (Å²) >= 11 is 0. The second kappa shape index (κ2) is 6.87. The van der Waals surface area contributed by atoms with Gasteiger partial charge in [-0.05, 0) is 24.3 Å². The number of ether oxygens (including phenoxy) is 1.